The van der Waals surface area contributed by atoms with Gasteiger partial charge in [0.25, 0.3) is 5.91 Å². The van der Waals surface area contributed by atoms with E-state index < -0.39 is 0 Å². The first kappa shape index (κ1) is 25.5. The van der Waals surface area contributed by atoms with E-state index in [0.29, 0.717) is 13.0 Å². The zero-order valence-electron chi connectivity index (χ0n) is 21.2. The topological polar surface area (TPSA) is 87.0 Å². The minimum Gasteiger partial charge on any atom is -0.493 e. The van der Waals surface area contributed by atoms with Gasteiger partial charge in [0.1, 0.15) is 5.75 Å². The van der Waals surface area contributed by atoms with Gasteiger partial charge in [-0.2, -0.15) is 0 Å². The Morgan fingerprint density at radius 1 is 1.03 bits per heavy atom. The van der Waals surface area contributed by atoms with Crippen LogP contribution in [0.2, 0.25) is 0 Å². The Labute approximate surface area is 202 Å². The maximum atomic E-state index is 12.2. The number of H-pyrrole nitrogens is 1. The Hall–Kier alpha value is -3.15. The Balaban J connectivity index is 1.63. The molecule has 0 radical (unpaired) electrons. The zero-order valence-corrected chi connectivity index (χ0v) is 21.2. The molecule has 0 saturated carbocycles. The van der Waals surface area contributed by atoms with Crippen molar-refractivity contribution in [2.75, 3.05) is 6.61 Å². The number of nitrogens with one attached hydrogen (secondary N) is 1. The van der Waals surface area contributed by atoms with Gasteiger partial charge in [0, 0.05) is 17.4 Å². The third kappa shape index (κ3) is 5.66. The summed E-state index contributed by atoms with van der Waals surface area (Å²) in [6.07, 6.45) is 2.82. The molecule has 0 fully saturated rings. The van der Waals surface area contributed by atoms with Gasteiger partial charge in [0.15, 0.2) is 5.69 Å². The van der Waals surface area contributed by atoms with Crippen LogP contribution in [0, 0.1) is 0 Å². The van der Waals surface area contributed by atoms with E-state index >= 15 is 0 Å². The SMILES string of the molecule is CCC(C)(C)c1ccc(OCCCC(=O)N=Nc2c(O)[nH]c3ccccc23)c(C(C)(C)CC)c1. The van der Waals surface area contributed by atoms with Crippen molar-refractivity contribution in [3.05, 3.63) is 53.6 Å². The van der Waals surface area contributed by atoms with E-state index in [1.165, 1.54) is 11.1 Å². The number of para-hydroxylation sites is 1. The minimum atomic E-state index is -0.345. The Morgan fingerprint density at radius 2 is 1.74 bits per heavy atom. The molecule has 3 rings (SSSR count). The summed E-state index contributed by atoms with van der Waals surface area (Å²) in [6.45, 7) is 13.8. The number of azo groups is 1. The van der Waals surface area contributed by atoms with Gasteiger partial charge in [-0.25, -0.2) is 0 Å². The van der Waals surface area contributed by atoms with Gasteiger partial charge in [-0.1, -0.05) is 71.9 Å². The fourth-order valence-corrected chi connectivity index (χ4v) is 3.78. The summed E-state index contributed by atoms with van der Waals surface area (Å²) < 4.78 is 6.13. The molecule has 1 amide bonds. The lowest BCUT2D eigenvalue weighted by Gasteiger charge is -2.30. The number of ether oxygens (including phenoxy) is 1. The van der Waals surface area contributed by atoms with Crippen LogP contribution < -0.4 is 4.74 Å². The standard InChI is InChI=1S/C28H37N3O3/c1-7-27(3,4)19-15-16-23(21(18-19)28(5,6)8-2)34-17-11-14-24(32)30-31-25-20-12-9-10-13-22(20)29-26(25)33/h9-10,12-13,15-16,18,29,33H,7-8,11,14,17H2,1-6H3. The van der Waals surface area contributed by atoms with Crippen molar-refractivity contribution in [1.29, 1.82) is 0 Å². The Kier molecular flexibility index (Phi) is 7.80. The lowest BCUT2D eigenvalue weighted by Crippen LogP contribution is -2.21. The number of nitrogens with zero attached hydrogens (tertiary/aromatic N) is 2. The summed E-state index contributed by atoms with van der Waals surface area (Å²) in [7, 11) is 0. The number of fused-ring (bicyclic) bond motifs is 1. The third-order valence-electron chi connectivity index (χ3n) is 6.97. The first-order chi connectivity index (χ1) is 16.1. The van der Waals surface area contributed by atoms with E-state index in [4.69, 9.17) is 4.74 Å². The van der Waals surface area contributed by atoms with E-state index in [1.54, 1.807) is 0 Å². The summed E-state index contributed by atoms with van der Waals surface area (Å²) in [5.41, 5.74) is 3.63. The molecule has 0 saturated heterocycles. The first-order valence-electron chi connectivity index (χ1n) is 12.1. The van der Waals surface area contributed by atoms with E-state index in [-0.39, 0.29) is 34.7 Å². The zero-order chi connectivity index (χ0) is 24.9. The van der Waals surface area contributed by atoms with Gasteiger partial charge >= 0.3 is 0 Å². The van der Waals surface area contributed by atoms with Gasteiger partial charge in [0.05, 0.1) is 12.1 Å². The van der Waals surface area contributed by atoms with E-state index in [9.17, 15) is 9.90 Å². The Morgan fingerprint density at radius 3 is 2.44 bits per heavy atom. The van der Waals surface area contributed by atoms with Crippen molar-refractivity contribution in [2.24, 2.45) is 10.2 Å². The van der Waals surface area contributed by atoms with Crippen molar-refractivity contribution in [2.45, 2.75) is 78.1 Å². The molecule has 0 spiro atoms. The number of rotatable bonds is 10. The molecule has 2 N–H and O–H groups in total. The summed E-state index contributed by atoms with van der Waals surface area (Å²) >= 11 is 0. The van der Waals surface area contributed by atoms with Crippen LogP contribution in [0.3, 0.4) is 0 Å². The van der Waals surface area contributed by atoms with Crippen LogP contribution in [0.4, 0.5) is 5.69 Å². The van der Waals surface area contributed by atoms with Crippen molar-refractivity contribution < 1.29 is 14.6 Å². The molecule has 0 bridgehead atoms. The molecule has 34 heavy (non-hydrogen) atoms. The smallest absolute Gasteiger partial charge is 0.264 e. The largest absolute Gasteiger partial charge is 0.493 e. The van der Waals surface area contributed by atoms with E-state index in [0.717, 1.165) is 29.5 Å². The molecule has 1 aromatic heterocycles. The number of amides is 1. The summed E-state index contributed by atoms with van der Waals surface area (Å²) in [5, 5.41) is 18.5. The van der Waals surface area contributed by atoms with E-state index in [2.05, 4.69) is 75.0 Å². The molecule has 3 aromatic rings. The minimum absolute atomic E-state index is 0.0134. The third-order valence-corrected chi connectivity index (χ3v) is 6.97. The summed E-state index contributed by atoms with van der Waals surface area (Å²) in [5.74, 6) is 0.435. The van der Waals surface area contributed by atoms with Crippen LogP contribution in [0.25, 0.3) is 10.9 Å². The molecule has 0 aliphatic carbocycles. The van der Waals surface area contributed by atoms with Gasteiger partial charge in [-0.05, 0) is 47.8 Å². The molecule has 0 unspecified atom stereocenters. The molecule has 0 aliphatic rings. The highest BCUT2D eigenvalue weighted by atomic mass is 16.5. The molecule has 0 atom stereocenters. The van der Waals surface area contributed by atoms with Gasteiger partial charge in [-0.3, -0.25) is 4.79 Å². The number of benzene rings is 2. The fraction of sp³-hybridized carbons (Fsp3) is 0.464. The van der Waals surface area contributed by atoms with E-state index in [1.807, 2.05) is 24.3 Å². The van der Waals surface area contributed by atoms with Gasteiger partial charge < -0.3 is 14.8 Å². The average Bonchev–Trinajstić information content (AvgIpc) is 3.15. The highest BCUT2D eigenvalue weighted by molar-refractivity contribution is 5.94. The second-order valence-electron chi connectivity index (χ2n) is 10.1. The van der Waals surface area contributed by atoms with Crippen molar-refractivity contribution in [1.82, 2.24) is 4.98 Å². The fourth-order valence-electron chi connectivity index (χ4n) is 3.78. The maximum absolute atomic E-state index is 12.2. The lowest BCUT2D eigenvalue weighted by atomic mass is 9.76. The highest BCUT2D eigenvalue weighted by Gasteiger charge is 2.26. The number of carbonyl (C=O) groups excluding carboxylic acids is 1. The van der Waals surface area contributed by atoms with Crippen LogP contribution in [-0.4, -0.2) is 22.6 Å². The number of hydrogen-bond donors (Lipinski definition) is 2. The molecule has 6 nitrogen and oxygen atoms in total. The van der Waals surface area contributed by atoms with Crippen molar-refractivity contribution >= 4 is 22.5 Å². The monoisotopic (exact) mass is 463 g/mol. The average molecular weight is 464 g/mol. The van der Waals surface area contributed by atoms with Crippen LogP contribution in [0.5, 0.6) is 11.6 Å². The first-order valence-corrected chi connectivity index (χ1v) is 12.1. The Bertz CT molecular complexity index is 1170. The van der Waals surface area contributed by atoms with Gasteiger partial charge in [-0.15, -0.1) is 10.2 Å². The number of carbonyl (C=O) groups is 1. The number of aromatic hydroxyl groups is 1. The highest BCUT2D eigenvalue weighted by Crippen LogP contribution is 2.38. The normalized spacial score (nSPS) is 12.5. The number of aromatic nitrogens is 1. The number of hydrogen-bond acceptors (Lipinski definition) is 4. The molecule has 6 heteroatoms. The molecule has 0 aliphatic heterocycles. The summed E-state index contributed by atoms with van der Waals surface area (Å²) in [6, 6.07) is 13.9. The second kappa shape index (κ2) is 10.4. The van der Waals surface area contributed by atoms with Crippen molar-refractivity contribution in [3.8, 4) is 11.6 Å². The van der Waals surface area contributed by atoms with Crippen LogP contribution in [0.15, 0.2) is 52.7 Å². The molecular weight excluding hydrogens is 426 g/mol. The number of aromatic amines is 1. The summed E-state index contributed by atoms with van der Waals surface area (Å²) in [4.78, 5) is 15.1. The molecule has 2 aromatic carbocycles. The van der Waals surface area contributed by atoms with Crippen LogP contribution in [-0.2, 0) is 15.6 Å². The van der Waals surface area contributed by atoms with Crippen molar-refractivity contribution in [3.63, 3.8) is 0 Å². The molecule has 182 valence electrons. The molecular formula is C28H37N3O3. The molecule has 1 heterocycles. The predicted molar refractivity (Wildman–Crippen MR) is 137 cm³/mol. The van der Waals surface area contributed by atoms with Crippen LogP contribution in [0.1, 0.15) is 78.4 Å². The second-order valence-corrected chi connectivity index (χ2v) is 10.1. The van der Waals surface area contributed by atoms with Gasteiger partial charge in [0.2, 0.25) is 5.88 Å². The quantitative estimate of drug-likeness (QED) is 0.238. The maximum Gasteiger partial charge on any atom is 0.264 e. The van der Waals surface area contributed by atoms with Crippen LogP contribution >= 0.6 is 0 Å². The predicted octanol–water partition coefficient (Wildman–Crippen LogP) is 7.72. The lowest BCUT2D eigenvalue weighted by molar-refractivity contribution is -0.118.